The third-order valence-corrected chi connectivity index (χ3v) is 1.44. The summed E-state index contributed by atoms with van der Waals surface area (Å²) < 4.78 is 0. The maximum Gasteiger partial charge on any atom is 0.0793 e. The second-order valence-corrected chi connectivity index (χ2v) is 2.31. The molecule has 0 aromatic carbocycles. The van der Waals surface area contributed by atoms with Crippen LogP contribution in [0.1, 0.15) is 27.7 Å². The fourth-order valence-electron chi connectivity index (χ4n) is 0.437. The number of allylic oxidation sites excluding steroid dienone is 2. The Labute approximate surface area is 55.9 Å². The lowest BCUT2D eigenvalue weighted by Gasteiger charge is -1.98. The van der Waals surface area contributed by atoms with Gasteiger partial charge in [-0.05, 0) is 33.3 Å². The van der Waals surface area contributed by atoms with E-state index in [-0.39, 0.29) is 0 Å². The van der Waals surface area contributed by atoms with Crippen LogP contribution in [0, 0.1) is 0 Å². The molecular formula is C7H13NO. The molecule has 0 atom stereocenters. The van der Waals surface area contributed by atoms with Crippen molar-refractivity contribution in [2.45, 2.75) is 27.7 Å². The minimum absolute atomic E-state index is 0.690. The van der Waals surface area contributed by atoms with Crippen LogP contribution < -0.4 is 0 Å². The highest BCUT2D eigenvalue weighted by Crippen LogP contribution is 2.03. The smallest absolute Gasteiger partial charge is 0.0793 e. The van der Waals surface area contributed by atoms with E-state index in [1.165, 1.54) is 5.57 Å². The monoisotopic (exact) mass is 127 g/mol. The van der Waals surface area contributed by atoms with E-state index in [0.717, 1.165) is 5.57 Å². The average molecular weight is 127 g/mol. The zero-order valence-electron chi connectivity index (χ0n) is 6.39. The average Bonchev–Trinajstić information content (AvgIpc) is 1.84. The molecule has 9 heavy (non-hydrogen) atoms. The summed E-state index contributed by atoms with van der Waals surface area (Å²) in [5, 5.41) is 11.4. The number of hydrogen-bond donors (Lipinski definition) is 1. The van der Waals surface area contributed by atoms with Gasteiger partial charge in [0.25, 0.3) is 0 Å². The molecule has 0 spiro atoms. The first-order valence-corrected chi connectivity index (χ1v) is 2.92. The highest BCUT2D eigenvalue weighted by Gasteiger charge is 1.94. The van der Waals surface area contributed by atoms with Gasteiger partial charge in [-0.25, -0.2) is 0 Å². The van der Waals surface area contributed by atoms with Gasteiger partial charge < -0.3 is 5.21 Å². The molecule has 0 aliphatic heterocycles. The molecule has 2 nitrogen and oxygen atoms in total. The van der Waals surface area contributed by atoms with E-state index in [4.69, 9.17) is 5.21 Å². The lowest BCUT2D eigenvalue weighted by Crippen LogP contribution is -1.94. The Morgan fingerprint density at radius 1 is 1.11 bits per heavy atom. The van der Waals surface area contributed by atoms with Gasteiger partial charge in [0, 0.05) is 0 Å². The normalized spacial score (nSPS) is 11.3. The third kappa shape index (κ3) is 2.31. The van der Waals surface area contributed by atoms with Gasteiger partial charge in [0.2, 0.25) is 0 Å². The van der Waals surface area contributed by atoms with Crippen LogP contribution in [0.4, 0.5) is 0 Å². The van der Waals surface area contributed by atoms with E-state index in [1.807, 2.05) is 20.8 Å². The molecule has 0 saturated heterocycles. The van der Waals surface area contributed by atoms with E-state index in [9.17, 15) is 0 Å². The minimum Gasteiger partial charge on any atom is -0.411 e. The summed E-state index contributed by atoms with van der Waals surface area (Å²) in [7, 11) is 0. The Morgan fingerprint density at radius 2 is 1.56 bits per heavy atom. The molecule has 2 heteroatoms. The van der Waals surface area contributed by atoms with E-state index in [2.05, 4.69) is 5.16 Å². The van der Waals surface area contributed by atoms with Crippen LogP contribution in [0.25, 0.3) is 0 Å². The van der Waals surface area contributed by atoms with Crippen molar-refractivity contribution in [3.05, 3.63) is 11.1 Å². The predicted molar refractivity (Wildman–Crippen MR) is 38.9 cm³/mol. The standard InChI is InChI=1S/C7H13NO/c1-5(2)6(3)7(4)8-9/h9H,1-4H3/b8-7-. The van der Waals surface area contributed by atoms with Crippen LogP contribution in [0.5, 0.6) is 0 Å². The minimum atomic E-state index is 0.690. The molecule has 0 fully saturated rings. The lowest BCUT2D eigenvalue weighted by molar-refractivity contribution is 0.319. The van der Waals surface area contributed by atoms with Crippen molar-refractivity contribution in [1.82, 2.24) is 0 Å². The van der Waals surface area contributed by atoms with Crippen LogP contribution in [0.3, 0.4) is 0 Å². The van der Waals surface area contributed by atoms with E-state index in [0.29, 0.717) is 5.71 Å². The van der Waals surface area contributed by atoms with Gasteiger partial charge in [-0.15, -0.1) is 0 Å². The van der Waals surface area contributed by atoms with Crippen LogP contribution in [-0.2, 0) is 0 Å². The van der Waals surface area contributed by atoms with Crippen molar-refractivity contribution in [2.75, 3.05) is 0 Å². The van der Waals surface area contributed by atoms with Gasteiger partial charge in [-0.3, -0.25) is 0 Å². The van der Waals surface area contributed by atoms with Gasteiger partial charge in [-0.1, -0.05) is 10.7 Å². The molecular weight excluding hydrogens is 114 g/mol. The summed E-state index contributed by atoms with van der Waals surface area (Å²) in [6, 6.07) is 0. The Hall–Kier alpha value is -0.790. The molecule has 0 unspecified atom stereocenters. The molecule has 0 aliphatic rings. The Balaban J connectivity index is 4.40. The maximum atomic E-state index is 8.31. The van der Waals surface area contributed by atoms with Crippen molar-refractivity contribution >= 4 is 5.71 Å². The zero-order valence-corrected chi connectivity index (χ0v) is 6.39. The molecule has 1 N–H and O–H groups in total. The second kappa shape index (κ2) is 3.28. The zero-order chi connectivity index (χ0) is 7.44. The molecule has 52 valence electrons. The fraction of sp³-hybridized carbons (Fsp3) is 0.571. The molecule has 0 amide bonds. The molecule has 0 radical (unpaired) electrons. The Kier molecular flexibility index (Phi) is 2.99. The maximum absolute atomic E-state index is 8.31. The largest absolute Gasteiger partial charge is 0.411 e. The Bertz CT molecular complexity index is 152. The van der Waals surface area contributed by atoms with Crippen molar-refractivity contribution in [1.29, 1.82) is 0 Å². The van der Waals surface area contributed by atoms with Crippen LogP contribution >= 0.6 is 0 Å². The first-order valence-electron chi connectivity index (χ1n) is 2.92. The molecule has 0 rings (SSSR count). The second-order valence-electron chi connectivity index (χ2n) is 2.31. The summed E-state index contributed by atoms with van der Waals surface area (Å²) >= 11 is 0. The van der Waals surface area contributed by atoms with Gasteiger partial charge in [0.1, 0.15) is 0 Å². The first-order chi connectivity index (χ1) is 4.09. The predicted octanol–water partition coefficient (Wildman–Crippen LogP) is 2.19. The number of rotatable bonds is 1. The van der Waals surface area contributed by atoms with Crippen LogP contribution in [-0.4, -0.2) is 10.9 Å². The number of oxime groups is 1. The van der Waals surface area contributed by atoms with Gasteiger partial charge in [-0.2, -0.15) is 0 Å². The molecule has 0 bridgehead atoms. The van der Waals surface area contributed by atoms with Crippen molar-refractivity contribution in [3.63, 3.8) is 0 Å². The van der Waals surface area contributed by atoms with Crippen LogP contribution in [0.2, 0.25) is 0 Å². The molecule has 0 heterocycles. The van der Waals surface area contributed by atoms with Crippen molar-refractivity contribution < 1.29 is 5.21 Å². The summed E-state index contributed by atoms with van der Waals surface area (Å²) in [5.41, 5.74) is 2.93. The third-order valence-electron chi connectivity index (χ3n) is 1.44. The van der Waals surface area contributed by atoms with Crippen molar-refractivity contribution in [3.8, 4) is 0 Å². The highest BCUT2D eigenvalue weighted by molar-refractivity contribution is 5.97. The van der Waals surface area contributed by atoms with E-state index < -0.39 is 0 Å². The summed E-state index contributed by atoms with van der Waals surface area (Å²) in [5.74, 6) is 0. The van der Waals surface area contributed by atoms with E-state index >= 15 is 0 Å². The summed E-state index contributed by atoms with van der Waals surface area (Å²) in [6.45, 7) is 7.70. The fourth-order valence-corrected chi connectivity index (χ4v) is 0.437. The highest BCUT2D eigenvalue weighted by atomic mass is 16.4. The molecule has 0 aromatic heterocycles. The quantitative estimate of drug-likeness (QED) is 0.327. The summed E-state index contributed by atoms with van der Waals surface area (Å²) in [6.07, 6.45) is 0. The number of nitrogens with zero attached hydrogens (tertiary/aromatic N) is 1. The first kappa shape index (κ1) is 8.21. The number of hydrogen-bond acceptors (Lipinski definition) is 2. The topological polar surface area (TPSA) is 32.6 Å². The molecule has 0 saturated carbocycles. The molecule has 0 aromatic rings. The Morgan fingerprint density at radius 3 is 1.67 bits per heavy atom. The van der Waals surface area contributed by atoms with Gasteiger partial charge in [0.05, 0.1) is 5.71 Å². The van der Waals surface area contributed by atoms with Gasteiger partial charge in [0.15, 0.2) is 0 Å². The van der Waals surface area contributed by atoms with Crippen LogP contribution in [0.15, 0.2) is 16.3 Å². The molecule has 0 aliphatic carbocycles. The van der Waals surface area contributed by atoms with E-state index in [1.54, 1.807) is 6.92 Å². The SMILES string of the molecule is CC(C)=C(C)/C(C)=N\O. The van der Waals surface area contributed by atoms with Gasteiger partial charge >= 0.3 is 0 Å². The summed E-state index contributed by atoms with van der Waals surface area (Å²) in [4.78, 5) is 0. The van der Waals surface area contributed by atoms with Crippen molar-refractivity contribution in [2.24, 2.45) is 5.16 Å². The lowest BCUT2D eigenvalue weighted by atomic mass is 10.1.